The molecule has 3 rings (SSSR count). The van der Waals surface area contributed by atoms with Crippen LogP contribution in [-0.2, 0) is 19.6 Å². The largest absolute Gasteiger partial charge is 0.274 e. The van der Waals surface area contributed by atoms with Crippen molar-refractivity contribution in [1.82, 2.24) is 4.31 Å². The third-order valence-electron chi connectivity index (χ3n) is 5.32. The number of sulfonamides is 1. The van der Waals surface area contributed by atoms with Crippen molar-refractivity contribution in [3.8, 4) is 0 Å². The molecule has 0 N–H and O–H groups in total. The average Bonchev–Trinajstić information content (AvgIpc) is 2.96. The van der Waals surface area contributed by atoms with Gasteiger partial charge in [0.15, 0.2) is 0 Å². The van der Waals surface area contributed by atoms with Gasteiger partial charge in [-0.2, -0.15) is 4.31 Å². The minimum atomic E-state index is -4.09. The molecular formula is C21H22BrFN2O4S. The number of anilines is 1. The number of benzene rings is 2. The standard InChI is InChI=1S/C21H22BrFN2O4S/c1-4-21(2,3)25(30(28,29)17-11-5-14(22)6-12-17)18-13-19(26)24(20(18)27)16-9-7-15(23)8-10-16/h5-12,18H,4,13H2,1-3H3. The van der Waals surface area contributed by atoms with Gasteiger partial charge in [-0.25, -0.2) is 17.7 Å². The van der Waals surface area contributed by atoms with Gasteiger partial charge >= 0.3 is 0 Å². The second-order valence-electron chi connectivity index (χ2n) is 7.68. The summed E-state index contributed by atoms with van der Waals surface area (Å²) in [5.41, 5.74) is -0.713. The van der Waals surface area contributed by atoms with Gasteiger partial charge in [-0.3, -0.25) is 9.59 Å². The summed E-state index contributed by atoms with van der Waals surface area (Å²) in [7, 11) is -4.09. The molecule has 1 heterocycles. The molecule has 0 bridgehead atoms. The third-order valence-corrected chi connectivity index (χ3v) is 7.99. The smallest absolute Gasteiger partial charge is 0.252 e. The number of nitrogens with zero attached hydrogens (tertiary/aromatic N) is 2. The number of rotatable bonds is 6. The van der Waals surface area contributed by atoms with Gasteiger partial charge in [0.25, 0.3) is 5.91 Å². The fourth-order valence-corrected chi connectivity index (χ4v) is 5.70. The minimum absolute atomic E-state index is 0.0349. The molecular weight excluding hydrogens is 475 g/mol. The van der Waals surface area contributed by atoms with E-state index in [1.165, 1.54) is 24.3 Å². The van der Waals surface area contributed by atoms with Crippen molar-refractivity contribution in [2.75, 3.05) is 4.90 Å². The zero-order valence-electron chi connectivity index (χ0n) is 16.8. The van der Waals surface area contributed by atoms with E-state index in [-0.39, 0.29) is 17.0 Å². The van der Waals surface area contributed by atoms with Crippen molar-refractivity contribution in [2.24, 2.45) is 0 Å². The van der Waals surface area contributed by atoms with Crippen LogP contribution in [0.15, 0.2) is 57.9 Å². The van der Waals surface area contributed by atoms with Gasteiger partial charge in [-0.05, 0) is 68.8 Å². The Morgan fingerprint density at radius 1 is 1.10 bits per heavy atom. The van der Waals surface area contributed by atoms with Crippen LogP contribution in [0.1, 0.15) is 33.6 Å². The predicted octanol–water partition coefficient (Wildman–Crippen LogP) is 4.10. The minimum Gasteiger partial charge on any atom is -0.274 e. The molecule has 30 heavy (non-hydrogen) atoms. The molecule has 0 aromatic heterocycles. The van der Waals surface area contributed by atoms with Crippen LogP contribution < -0.4 is 4.90 Å². The molecule has 2 amide bonds. The lowest BCUT2D eigenvalue weighted by Gasteiger charge is -2.39. The highest BCUT2D eigenvalue weighted by Crippen LogP contribution is 2.36. The summed E-state index contributed by atoms with van der Waals surface area (Å²) in [5, 5.41) is 0. The molecule has 0 saturated carbocycles. The van der Waals surface area contributed by atoms with Gasteiger partial charge in [-0.1, -0.05) is 22.9 Å². The van der Waals surface area contributed by atoms with Crippen LogP contribution in [0.25, 0.3) is 0 Å². The zero-order valence-corrected chi connectivity index (χ0v) is 19.2. The van der Waals surface area contributed by atoms with Gasteiger partial charge < -0.3 is 0 Å². The molecule has 2 aromatic rings. The molecule has 1 aliphatic heterocycles. The lowest BCUT2D eigenvalue weighted by atomic mass is 10.00. The van der Waals surface area contributed by atoms with Crippen molar-refractivity contribution < 1.29 is 22.4 Å². The van der Waals surface area contributed by atoms with Gasteiger partial charge in [0.2, 0.25) is 15.9 Å². The monoisotopic (exact) mass is 496 g/mol. The molecule has 1 saturated heterocycles. The van der Waals surface area contributed by atoms with Gasteiger partial charge in [0.05, 0.1) is 17.0 Å². The van der Waals surface area contributed by atoms with E-state index < -0.39 is 39.2 Å². The highest BCUT2D eigenvalue weighted by Gasteiger charge is 2.51. The number of amides is 2. The molecule has 6 nitrogen and oxygen atoms in total. The fraction of sp³-hybridized carbons (Fsp3) is 0.333. The van der Waals surface area contributed by atoms with Crippen molar-refractivity contribution in [1.29, 1.82) is 0 Å². The summed E-state index contributed by atoms with van der Waals surface area (Å²) < 4.78 is 42.2. The molecule has 1 aliphatic rings. The Morgan fingerprint density at radius 2 is 1.67 bits per heavy atom. The first-order valence-corrected chi connectivity index (χ1v) is 11.6. The first-order valence-electron chi connectivity index (χ1n) is 9.41. The summed E-state index contributed by atoms with van der Waals surface area (Å²) in [5.74, 6) is -1.67. The summed E-state index contributed by atoms with van der Waals surface area (Å²) in [6.45, 7) is 5.27. The molecule has 0 aliphatic carbocycles. The Bertz CT molecular complexity index is 1070. The van der Waals surface area contributed by atoms with Crippen LogP contribution >= 0.6 is 15.9 Å². The zero-order chi connectivity index (χ0) is 22.3. The Balaban J connectivity index is 2.07. The molecule has 1 fully saturated rings. The molecule has 9 heteroatoms. The van der Waals surface area contributed by atoms with Crippen LogP contribution in [0.3, 0.4) is 0 Å². The van der Waals surface area contributed by atoms with E-state index in [0.717, 1.165) is 25.8 Å². The van der Waals surface area contributed by atoms with Crippen molar-refractivity contribution in [3.05, 3.63) is 58.8 Å². The Labute approximate surface area is 183 Å². The lowest BCUT2D eigenvalue weighted by Crippen LogP contribution is -2.55. The quantitative estimate of drug-likeness (QED) is 0.564. The van der Waals surface area contributed by atoms with Crippen molar-refractivity contribution in [3.63, 3.8) is 0 Å². The van der Waals surface area contributed by atoms with Crippen LogP contribution in [0, 0.1) is 5.82 Å². The number of carbonyl (C=O) groups is 2. The SMILES string of the molecule is CCC(C)(C)N(C1CC(=O)N(c2ccc(F)cc2)C1=O)S(=O)(=O)c1ccc(Br)cc1. The maximum Gasteiger partial charge on any atom is 0.252 e. The third kappa shape index (κ3) is 4.06. The number of hydrogen-bond acceptors (Lipinski definition) is 4. The predicted molar refractivity (Wildman–Crippen MR) is 115 cm³/mol. The maximum atomic E-state index is 13.6. The van der Waals surface area contributed by atoms with Gasteiger partial charge in [-0.15, -0.1) is 0 Å². The first kappa shape index (κ1) is 22.6. The molecule has 1 atom stereocenters. The van der Waals surface area contributed by atoms with Gasteiger partial charge in [0, 0.05) is 10.0 Å². The summed E-state index contributed by atoms with van der Waals surface area (Å²) in [6.07, 6.45) is 0.146. The van der Waals surface area contributed by atoms with Crippen LogP contribution in [0.4, 0.5) is 10.1 Å². The van der Waals surface area contributed by atoms with Crippen molar-refractivity contribution in [2.45, 2.75) is 50.1 Å². The number of carbonyl (C=O) groups excluding carboxylic acids is 2. The van der Waals surface area contributed by atoms with E-state index in [2.05, 4.69) is 15.9 Å². The first-order chi connectivity index (χ1) is 14.0. The second kappa shape index (κ2) is 8.20. The highest BCUT2D eigenvalue weighted by molar-refractivity contribution is 9.10. The summed E-state index contributed by atoms with van der Waals surface area (Å²) in [4.78, 5) is 26.9. The Kier molecular flexibility index (Phi) is 6.18. The molecule has 1 unspecified atom stereocenters. The number of hydrogen-bond donors (Lipinski definition) is 0. The van der Waals surface area contributed by atoms with Crippen LogP contribution in [0.5, 0.6) is 0 Å². The van der Waals surface area contributed by atoms with E-state index in [9.17, 15) is 22.4 Å². The topological polar surface area (TPSA) is 74.8 Å². The summed E-state index contributed by atoms with van der Waals surface area (Å²) >= 11 is 3.28. The van der Waals surface area contributed by atoms with Crippen LogP contribution in [-0.4, -0.2) is 36.1 Å². The van der Waals surface area contributed by atoms with E-state index in [4.69, 9.17) is 0 Å². The maximum absolute atomic E-state index is 13.6. The number of imide groups is 1. The molecule has 2 aromatic carbocycles. The molecule has 0 radical (unpaired) electrons. The van der Waals surface area contributed by atoms with E-state index in [0.29, 0.717) is 6.42 Å². The second-order valence-corrected chi connectivity index (χ2v) is 10.4. The number of halogens is 2. The average molecular weight is 497 g/mol. The van der Waals surface area contributed by atoms with E-state index >= 15 is 0 Å². The lowest BCUT2D eigenvalue weighted by molar-refractivity contribution is -0.122. The van der Waals surface area contributed by atoms with E-state index in [1.54, 1.807) is 26.0 Å². The normalized spacial score (nSPS) is 17.8. The molecule has 0 spiro atoms. The van der Waals surface area contributed by atoms with Crippen molar-refractivity contribution >= 4 is 43.5 Å². The van der Waals surface area contributed by atoms with Gasteiger partial charge in [0.1, 0.15) is 11.9 Å². The Hall–Kier alpha value is -2.10. The highest BCUT2D eigenvalue weighted by atomic mass is 79.9. The molecule has 160 valence electrons. The Morgan fingerprint density at radius 3 is 2.20 bits per heavy atom. The fourth-order valence-electron chi connectivity index (χ4n) is 3.45. The summed E-state index contributed by atoms with van der Waals surface area (Å²) in [6, 6.07) is 9.89. The van der Waals surface area contributed by atoms with E-state index in [1.807, 2.05) is 6.92 Å². The van der Waals surface area contributed by atoms with Crippen LogP contribution in [0.2, 0.25) is 0 Å².